The third-order valence-electron chi connectivity index (χ3n) is 2.68. The second-order valence-electron chi connectivity index (χ2n) is 4.12. The van der Waals surface area contributed by atoms with Crippen molar-refractivity contribution in [2.45, 2.75) is 10.6 Å². The van der Waals surface area contributed by atoms with Gasteiger partial charge in [0.15, 0.2) is 9.84 Å². The standard InChI is InChI=1S/C13H13FN2O3S/c1-19-13-9(3-2-6-16-13)8-20(17,18)12-5-4-10(15)7-11(12)14/h2-7H,8,15H2,1H3. The summed E-state index contributed by atoms with van der Waals surface area (Å²) in [5.74, 6) is -1.06. The summed E-state index contributed by atoms with van der Waals surface area (Å²) < 4.78 is 43.2. The Morgan fingerprint density at radius 2 is 2.10 bits per heavy atom. The molecule has 0 saturated heterocycles. The number of rotatable bonds is 4. The largest absolute Gasteiger partial charge is 0.481 e. The minimum atomic E-state index is -3.84. The van der Waals surface area contributed by atoms with E-state index in [1.807, 2.05) is 0 Å². The average molecular weight is 296 g/mol. The Bertz CT molecular complexity index is 732. The van der Waals surface area contributed by atoms with Crippen molar-refractivity contribution in [2.75, 3.05) is 12.8 Å². The van der Waals surface area contributed by atoms with Crippen LogP contribution >= 0.6 is 0 Å². The molecule has 2 rings (SSSR count). The number of sulfone groups is 1. The monoisotopic (exact) mass is 296 g/mol. The number of nitrogen functional groups attached to an aromatic ring is 1. The van der Waals surface area contributed by atoms with Crippen molar-refractivity contribution in [3.63, 3.8) is 0 Å². The van der Waals surface area contributed by atoms with Gasteiger partial charge in [-0.15, -0.1) is 0 Å². The molecule has 1 aromatic heterocycles. The number of hydrogen-bond donors (Lipinski definition) is 1. The van der Waals surface area contributed by atoms with Crippen LogP contribution in [0.1, 0.15) is 5.56 Å². The van der Waals surface area contributed by atoms with Crippen LogP contribution in [0.5, 0.6) is 5.88 Å². The predicted octanol–water partition coefficient (Wildman–Crippen LogP) is 1.79. The second kappa shape index (κ2) is 5.46. The maximum Gasteiger partial charge on any atom is 0.217 e. The summed E-state index contributed by atoms with van der Waals surface area (Å²) in [6.45, 7) is 0. The van der Waals surface area contributed by atoms with Crippen LogP contribution in [-0.4, -0.2) is 20.5 Å². The van der Waals surface area contributed by atoms with E-state index in [1.165, 1.54) is 19.4 Å². The number of nitrogens with zero attached hydrogens (tertiary/aromatic N) is 1. The zero-order valence-corrected chi connectivity index (χ0v) is 11.5. The van der Waals surface area contributed by atoms with Gasteiger partial charge in [0.05, 0.1) is 12.9 Å². The topological polar surface area (TPSA) is 82.3 Å². The van der Waals surface area contributed by atoms with Crippen LogP contribution in [0.25, 0.3) is 0 Å². The van der Waals surface area contributed by atoms with Crippen molar-refractivity contribution >= 4 is 15.5 Å². The van der Waals surface area contributed by atoms with Crippen molar-refractivity contribution in [3.8, 4) is 5.88 Å². The molecule has 0 fully saturated rings. The summed E-state index contributed by atoms with van der Waals surface area (Å²) in [6.07, 6.45) is 1.48. The summed E-state index contributed by atoms with van der Waals surface area (Å²) in [5, 5.41) is 0. The van der Waals surface area contributed by atoms with Gasteiger partial charge in [-0.1, -0.05) is 6.07 Å². The number of aromatic nitrogens is 1. The van der Waals surface area contributed by atoms with E-state index in [0.29, 0.717) is 5.56 Å². The van der Waals surface area contributed by atoms with E-state index < -0.39 is 26.3 Å². The first-order valence-corrected chi connectivity index (χ1v) is 7.35. The molecule has 106 valence electrons. The lowest BCUT2D eigenvalue weighted by atomic mass is 10.3. The van der Waals surface area contributed by atoms with E-state index in [0.717, 1.165) is 12.1 Å². The molecule has 0 aliphatic heterocycles. The second-order valence-corrected chi connectivity index (χ2v) is 6.08. The van der Waals surface area contributed by atoms with Gasteiger partial charge in [0.25, 0.3) is 0 Å². The molecule has 7 heteroatoms. The van der Waals surface area contributed by atoms with Gasteiger partial charge in [0, 0.05) is 17.4 Å². The maximum absolute atomic E-state index is 13.7. The summed E-state index contributed by atoms with van der Waals surface area (Å²) in [6, 6.07) is 6.64. The number of pyridine rings is 1. The Morgan fingerprint density at radius 1 is 1.35 bits per heavy atom. The fourth-order valence-corrected chi connectivity index (χ4v) is 3.19. The Morgan fingerprint density at radius 3 is 2.75 bits per heavy atom. The SMILES string of the molecule is COc1ncccc1CS(=O)(=O)c1ccc(N)cc1F. The Labute approximate surface area is 116 Å². The fraction of sp³-hybridized carbons (Fsp3) is 0.154. The Hall–Kier alpha value is -2.15. The van der Waals surface area contributed by atoms with Crippen molar-refractivity contribution in [3.05, 3.63) is 47.9 Å². The highest BCUT2D eigenvalue weighted by Crippen LogP contribution is 2.24. The molecule has 0 bridgehead atoms. The first-order valence-electron chi connectivity index (χ1n) is 5.69. The van der Waals surface area contributed by atoms with Crippen molar-refractivity contribution in [1.82, 2.24) is 4.98 Å². The average Bonchev–Trinajstić information content (AvgIpc) is 2.38. The molecule has 20 heavy (non-hydrogen) atoms. The maximum atomic E-state index is 13.7. The Balaban J connectivity index is 2.41. The van der Waals surface area contributed by atoms with Crippen molar-refractivity contribution in [1.29, 1.82) is 0 Å². The van der Waals surface area contributed by atoms with Crippen LogP contribution in [0.3, 0.4) is 0 Å². The zero-order chi connectivity index (χ0) is 14.8. The van der Waals surface area contributed by atoms with Gasteiger partial charge in [-0.2, -0.15) is 0 Å². The lowest BCUT2D eigenvalue weighted by Crippen LogP contribution is -2.09. The van der Waals surface area contributed by atoms with Gasteiger partial charge in [-0.3, -0.25) is 0 Å². The molecule has 2 N–H and O–H groups in total. The molecular formula is C13H13FN2O3S. The van der Waals surface area contributed by atoms with Crippen LogP contribution < -0.4 is 10.5 Å². The summed E-state index contributed by atoms with van der Waals surface area (Å²) >= 11 is 0. The lowest BCUT2D eigenvalue weighted by molar-refractivity contribution is 0.394. The fourth-order valence-electron chi connectivity index (χ4n) is 1.77. The van der Waals surface area contributed by atoms with E-state index in [4.69, 9.17) is 10.5 Å². The summed E-state index contributed by atoms with van der Waals surface area (Å²) in [5.41, 5.74) is 5.94. The molecule has 5 nitrogen and oxygen atoms in total. The third-order valence-corrected chi connectivity index (χ3v) is 4.37. The number of hydrogen-bond acceptors (Lipinski definition) is 5. The van der Waals surface area contributed by atoms with Gasteiger partial charge in [0.2, 0.25) is 5.88 Å². The molecular weight excluding hydrogens is 283 g/mol. The van der Waals surface area contributed by atoms with Crippen molar-refractivity contribution in [2.24, 2.45) is 0 Å². The van der Waals surface area contributed by atoms with Crippen LogP contribution in [-0.2, 0) is 15.6 Å². The molecule has 0 amide bonds. The number of benzene rings is 1. The van der Waals surface area contributed by atoms with E-state index >= 15 is 0 Å². The molecule has 1 aromatic carbocycles. The van der Waals surface area contributed by atoms with Gasteiger partial charge >= 0.3 is 0 Å². The van der Waals surface area contributed by atoms with E-state index in [-0.39, 0.29) is 11.6 Å². The highest BCUT2D eigenvalue weighted by atomic mass is 32.2. The number of methoxy groups -OCH3 is 1. The quantitative estimate of drug-likeness (QED) is 0.870. The van der Waals surface area contributed by atoms with Gasteiger partial charge < -0.3 is 10.5 Å². The molecule has 0 spiro atoms. The molecule has 0 aliphatic carbocycles. The van der Waals surface area contributed by atoms with E-state index in [1.54, 1.807) is 12.1 Å². The first-order chi connectivity index (χ1) is 9.44. The summed E-state index contributed by atoms with van der Waals surface area (Å²) in [4.78, 5) is 3.52. The lowest BCUT2D eigenvalue weighted by Gasteiger charge is -2.09. The van der Waals surface area contributed by atoms with Crippen molar-refractivity contribution < 1.29 is 17.5 Å². The molecule has 0 radical (unpaired) electrons. The van der Waals surface area contributed by atoms with Crippen LogP contribution in [0.2, 0.25) is 0 Å². The van der Waals surface area contributed by atoms with E-state index in [2.05, 4.69) is 4.98 Å². The minimum Gasteiger partial charge on any atom is -0.481 e. The number of nitrogens with two attached hydrogens (primary N) is 1. The summed E-state index contributed by atoms with van der Waals surface area (Å²) in [7, 11) is -2.45. The van der Waals surface area contributed by atoms with Gasteiger partial charge in [-0.05, 0) is 24.3 Å². The third kappa shape index (κ3) is 2.88. The Kier molecular flexibility index (Phi) is 3.89. The predicted molar refractivity (Wildman–Crippen MR) is 72.5 cm³/mol. The first kappa shape index (κ1) is 14.3. The normalized spacial score (nSPS) is 11.3. The van der Waals surface area contributed by atoms with Crippen LogP contribution in [0, 0.1) is 5.82 Å². The van der Waals surface area contributed by atoms with Gasteiger partial charge in [-0.25, -0.2) is 17.8 Å². The number of ether oxygens (including phenoxy) is 1. The number of anilines is 1. The van der Waals surface area contributed by atoms with Gasteiger partial charge in [0.1, 0.15) is 10.7 Å². The molecule has 2 aromatic rings. The number of halogens is 1. The smallest absolute Gasteiger partial charge is 0.217 e. The molecule has 0 unspecified atom stereocenters. The highest BCUT2D eigenvalue weighted by Gasteiger charge is 2.22. The molecule has 1 heterocycles. The van der Waals surface area contributed by atoms with Crippen LogP contribution in [0.15, 0.2) is 41.4 Å². The minimum absolute atomic E-state index is 0.167. The zero-order valence-electron chi connectivity index (χ0n) is 10.7. The van der Waals surface area contributed by atoms with E-state index in [9.17, 15) is 12.8 Å². The van der Waals surface area contributed by atoms with Crippen LogP contribution in [0.4, 0.5) is 10.1 Å². The molecule has 0 atom stereocenters. The highest BCUT2D eigenvalue weighted by molar-refractivity contribution is 7.90. The molecule has 0 aliphatic rings. The molecule has 0 saturated carbocycles.